The molecule has 2 rings (SSSR count). The summed E-state index contributed by atoms with van der Waals surface area (Å²) in [5, 5.41) is 3.17. The molecule has 0 bridgehead atoms. The Morgan fingerprint density at radius 3 is 2.60 bits per heavy atom. The highest BCUT2D eigenvalue weighted by Crippen LogP contribution is 2.25. The van der Waals surface area contributed by atoms with Crippen LogP contribution >= 0.6 is 22.6 Å². The van der Waals surface area contributed by atoms with Gasteiger partial charge in [0.15, 0.2) is 0 Å². The molecule has 3 nitrogen and oxygen atoms in total. The summed E-state index contributed by atoms with van der Waals surface area (Å²) in [5.41, 5.74) is 3.64. The summed E-state index contributed by atoms with van der Waals surface area (Å²) in [4.78, 5) is 9.38. The first-order chi connectivity index (χ1) is 9.51. The van der Waals surface area contributed by atoms with Crippen LogP contribution in [-0.4, -0.2) is 17.0 Å². The van der Waals surface area contributed by atoms with Gasteiger partial charge in [0.05, 0.1) is 9.26 Å². The van der Waals surface area contributed by atoms with E-state index in [0.717, 1.165) is 27.3 Å². The molecule has 0 saturated heterocycles. The van der Waals surface area contributed by atoms with E-state index in [1.54, 1.807) is 0 Å². The van der Waals surface area contributed by atoms with Gasteiger partial charge in [-0.15, -0.1) is 0 Å². The maximum atomic E-state index is 4.75. The SMILES string of the molecule is CNc1nc(Cc2cccc(C)c2)nc(C(C)C)c1I. The number of nitrogens with one attached hydrogen (secondary N) is 1. The van der Waals surface area contributed by atoms with Crippen molar-refractivity contribution in [2.75, 3.05) is 12.4 Å². The first kappa shape index (κ1) is 15.2. The van der Waals surface area contributed by atoms with Crippen LogP contribution < -0.4 is 5.32 Å². The second kappa shape index (κ2) is 6.52. The third-order valence-electron chi connectivity index (χ3n) is 3.15. The predicted molar refractivity (Wildman–Crippen MR) is 92.4 cm³/mol. The molecule has 4 heteroatoms. The van der Waals surface area contributed by atoms with Gasteiger partial charge < -0.3 is 5.32 Å². The Balaban J connectivity index is 2.39. The lowest BCUT2D eigenvalue weighted by atomic mass is 10.1. The van der Waals surface area contributed by atoms with Gasteiger partial charge in [-0.1, -0.05) is 43.7 Å². The van der Waals surface area contributed by atoms with Crippen LogP contribution in [0.15, 0.2) is 24.3 Å². The van der Waals surface area contributed by atoms with Crippen LogP contribution in [0.3, 0.4) is 0 Å². The molecule has 0 aliphatic rings. The fourth-order valence-electron chi connectivity index (χ4n) is 2.14. The minimum atomic E-state index is 0.397. The molecule has 20 heavy (non-hydrogen) atoms. The maximum Gasteiger partial charge on any atom is 0.143 e. The monoisotopic (exact) mass is 381 g/mol. The van der Waals surface area contributed by atoms with E-state index in [-0.39, 0.29) is 0 Å². The van der Waals surface area contributed by atoms with Crippen LogP contribution in [0, 0.1) is 10.5 Å². The van der Waals surface area contributed by atoms with Gasteiger partial charge in [-0.25, -0.2) is 9.97 Å². The number of benzene rings is 1. The van der Waals surface area contributed by atoms with Crippen molar-refractivity contribution < 1.29 is 0 Å². The Bertz CT molecular complexity index is 609. The molecule has 0 aliphatic heterocycles. The first-order valence-corrected chi connectivity index (χ1v) is 7.88. The highest BCUT2D eigenvalue weighted by atomic mass is 127. The Kier molecular flexibility index (Phi) is 4.96. The molecule has 1 aromatic carbocycles. The van der Waals surface area contributed by atoms with Crippen LogP contribution in [0.4, 0.5) is 5.82 Å². The molecule has 0 fully saturated rings. The number of anilines is 1. The zero-order chi connectivity index (χ0) is 14.7. The molecule has 0 spiro atoms. The summed E-state index contributed by atoms with van der Waals surface area (Å²) in [6.45, 7) is 6.44. The summed E-state index contributed by atoms with van der Waals surface area (Å²) in [7, 11) is 1.91. The number of halogens is 1. The van der Waals surface area contributed by atoms with E-state index in [9.17, 15) is 0 Å². The van der Waals surface area contributed by atoms with Crippen molar-refractivity contribution in [3.8, 4) is 0 Å². The molecule has 1 heterocycles. The second-order valence-corrected chi connectivity index (χ2v) is 6.34. The molecule has 0 amide bonds. The molecule has 1 aromatic heterocycles. The average molecular weight is 381 g/mol. The lowest BCUT2D eigenvalue weighted by Gasteiger charge is -2.13. The number of rotatable bonds is 4. The highest BCUT2D eigenvalue weighted by molar-refractivity contribution is 14.1. The van der Waals surface area contributed by atoms with E-state index in [0.29, 0.717) is 5.92 Å². The number of aryl methyl sites for hydroxylation is 1. The number of hydrogen-bond donors (Lipinski definition) is 1. The van der Waals surface area contributed by atoms with Crippen LogP contribution in [0.25, 0.3) is 0 Å². The summed E-state index contributed by atoms with van der Waals surface area (Å²) in [5.74, 6) is 2.20. The summed E-state index contributed by atoms with van der Waals surface area (Å²) in [6.07, 6.45) is 0.771. The largest absolute Gasteiger partial charge is 0.372 e. The molecular weight excluding hydrogens is 361 g/mol. The molecular formula is C16H20IN3. The zero-order valence-corrected chi connectivity index (χ0v) is 14.5. The molecule has 0 saturated carbocycles. The highest BCUT2D eigenvalue weighted by Gasteiger charge is 2.14. The molecule has 2 aromatic rings. The van der Waals surface area contributed by atoms with Crippen molar-refractivity contribution in [2.24, 2.45) is 0 Å². The van der Waals surface area contributed by atoms with E-state index in [4.69, 9.17) is 4.98 Å². The van der Waals surface area contributed by atoms with Crippen molar-refractivity contribution in [3.63, 3.8) is 0 Å². The third-order valence-corrected chi connectivity index (χ3v) is 4.22. The van der Waals surface area contributed by atoms with Gasteiger partial charge in [0.2, 0.25) is 0 Å². The van der Waals surface area contributed by atoms with Gasteiger partial charge >= 0.3 is 0 Å². The van der Waals surface area contributed by atoms with Gasteiger partial charge in [0.1, 0.15) is 11.6 Å². The lowest BCUT2D eigenvalue weighted by molar-refractivity contribution is 0.784. The number of nitrogens with zero attached hydrogens (tertiary/aromatic N) is 2. The minimum Gasteiger partial charge on any atom is -0.372 e. The van der Waals surface area contributed by atoms with E-state index in [1.807, 2.05) is 7.05 Å². The van der Waals surface area contributed by atoms with Crippen molar-refractivity contribution in [1.29, 1.82) is 0 Å². The van der Waals surface area contributed by atoms with E-state index < -0.39 is 0 Å². The van der Waals surface area contributed by atoms with Crippen LogP contribution in [-0.2, 0) is 6.42 Å². The standard InChI is InChI=1S/C16H20IN3/c1-10(2)15-14(17)16(18-4)20-13(19-15)9-12-7-5-6-11(3)8-12/h5-8,10H,9H2,1-4H3,(H,18,19,20). The second-order valence-electron chi connectivity index (χ2n) is 5.26. The normalized spacial score (nSPS) is 10.9. The summed E-state index contributed by atoms with van der Waals surface area (Å²) >= 11 is 2.32. The molecule has 0 atom stereocenters. The topological polar surface area (TPSA) is 37.8 Å². The van der Waals surface area contributed by atoms with Crippen molar-refractivity contribution >= 4 is 28.4 Å². The van der Waals surface area contributed by atoms with Crippen LogP contribution in [0.1, 0.15) is 42.4 Å². The Labute approximate surface area is 134 Å². The Morgan fingerprint density at radius 1 is 1.25 bits per heavy atom. The Hall–Kier alpha value is -1.17. The number of aromatic nitrogens is 2. The van der Waals surface area contributed by atoms with Crippen LogP contribution in [0.2, 0.25) is 0 Å². The molecule has 0 radical (unpaired) electrons. The van der Waals surface area contributed by atoms with E-state index >= 15 is 0 Å². The smallest absolute Gasteiger partial charge is 0.143 e. The summed E-state index contributed by atoms with van der Waals surface area (Å²) in [6, 6.07) is 8.51. The fraction of sp³-hybridized carbons (Fsp3) is 0.375. The molecule has 106 valence electrons. The van der Waals surface area contributed by atoms with Crippen molar-refractivity contribution in [3.05, 3.63) is 50.5 Å². The van der Waals surface area contributed by atoms with Crippen molar-refractivity contribution in [2.45, 2.75) is 33.1 Å². The maximum absolute atomic E-state index is 4.75. The van der Waals surface area contributed by atoms with E-state index in [2.05, 4.69) is 77.9 Å². The lowest BCUT2D eigenvalue weighted by Crippen LogP contribution is -2.09. The quantitative estimate of drug-likeness (QED) is 0.809. The van der Waals surface area contributed by atoms with Gasteiger partial charge in [-0.2, -0.15) is 0 Å². The Morgan fingerprint density at radius 2 is 2.00 bits per heavy atom. The minimum absolute atomic E-state index is 0.397. The average Bonchev–Trinajstić information content (AvgIpc) is 2.40. The van der Waals surface area contributed by atoms with Crippen LogP contribution in [0.5, 0.6) is 0 Å². The molecule has 1 N–H and O–H groups in total. The van der Waals surface area contributed by atoms with Gasteiger partial charge in [-0.3, -0.25) is 0 Å². The molecule has 0 aliphatic carbocycles. The molecule has 0 unspecified atom stereocenters. The predicted octanol–water partition coefficient (Wildman–Crippen LogP) is 4.15. The van der Waals surface area contributed by atoms with E-state index in [1.165, 1.54) is 11.1 Å². The number of hydrogen-bond acceptors (Lipinski definition) is 3. The van der Waals surface area contributed by atoms with Gasteiger partial charge in [0, 0.05) is 13.5 Å². The first-order valence-electron chi connectivity index (χ1n) is 6.81. The fourth-order valence-corrected chi connectivity index (χ4v) is 3.28. The zero-order valence-electron chi connectivity index (χ0n) is 12.4. The third kappa shape index (κ3) is 3.48. The summed E-state index contributed by atoms with van der Waals surface area (Å²) < 4.78 is 1.12. The van der Waals surface area contributed by atoms with Gasteiger partial charge in [-0.05, 0) is 41.0 Å². The van der Waals surface area contributed by atoms with Gasteiger partial charge in [0.25, 0.3) is 0 Å². The van der Waals surface area contributed by atoms with Crippen molar-refractivity contribution in [1.82, 2.24) is 9.97 Å².